The fourth-order valence-corrected chi connectivity index (χ4v) is 10.1. The molecule has 9 aromatic carbocycles. The highest BCUT2D eigenvalue weighted by atomic mass is 15.1. The van der Waals surface area contributed by atoms with Gasteiger partial charge in [-0.05, 0) is 117 Å². The summed E-state index contributed by atoms with van der Waals surface area (Å²) in [6.07, 6.45) is 0. The number of aryl methyl sites for hydroxylation is 4. The zero-order valence-corrected chi connectivity index (χ0v) is 38.2. The molecule has 6 heteroatoms. The van der Waals surface area contributed by atoms with Gasteiger partial charge in [0, 0.05) is 38.2 Å². The summed E-state index contributed by atoms with van der Waals surface area (Å²) in [5, 5.41) is 15.2. The smallest absolute Gasteiger partial charge is 0.166 e. The number of hydrogen-bond acceptors (Lipinski definition) is 4. The van der Waals surface area contributed by atoms with Gasteiger partial charge in [0.2, 0.25) is 0 Å². The highest BCUT2D eigenvalue weighted by molar-refractivity contribution is 6.12. The van der Waals surface area contributed by atoms with Crippen molar-refractivity contribution in [2.75, 3.05) is 0 Å². The van der Waals surface area contributed by atoms with E-state index in [1.54, 1.807) is 0 Å². The number of nitriles is 1. The minimum absolute atomic E-state index is 0.541. The van der Waals surface area contributed by atoms with Gasteiger partial charge in [0.15, 0.2) is 17.5 Å². The molecule has 0 N–H and O–H groups in total. The Morgan fingerprint density at radius 3 is 1.29 bits per heavy atom. The van der Waals surface area contributed by atoms with Crippen molar-refractivity contribution in [3.8, 4) is 73.9 Å². The van der Waals surface area contributed by atoms with Crippen LogP contribution in [0, 0.1) is 39.0 Å². The summed E-state index contributed by atoms with van der Waals surface area (Å²) in [6.45, 7) is 8.62. The first-order valence-electron chi connectivity index (χ1n) is 23.0. The third kappa shape index (κ3) is 6.75. The van der Waals surface area contributed by atoms with Gasteiger partial charge in [-0.15, -0.1) is 0 Å². The molecule has 0 saturated heterocycles. The fourth-order valence-electron chi connectivity index (χ4n) is 10.1. The lowest BCUT2D eigenvalue weighted by Gasteiger charge is -2.21. The predicted molar refractivity (Wildman–Crippen MR) is 279 cm³/mol. The van der Waals surface area contributed by atoms with E-state index in [-0.39, 0.29) is 0 Å². The van der Waals surface area contributed by atoms with Crippen molar-refractivity contribution >= 4 is 43.6 Å². The Labute approximate surface area is 394 Å². The highest BCUT2D eigenvalue weighted by Crippen LogP contribution is 2.46. The van der Waals surface area contributed by atoms with Crippen LogP contribution in [0.15, 0.2) is 194 Å². The van der Waals surface area contributed by atoms with E-state index in [1.165, 1.54) is 43.8 Å². The summed E-state index contributed by atoms with van der Waals surface area (Å²) in [5.74, 6) is 1.70. The first kappa shape index (κ1) is 40.6. The van der Waals surface area contributed by atoms with Crippen LogP contribution in [0.2, 0.25) is 0 Å². The largest absolute Gasteiger partial charge is 0.309 e. The third-order valence-corrected chi connectivity index (χ3v) is 13.2. The van der Waals surface area contributed by atoms with E-state index >= 15 is 0 Å². The zero-order valence-electron chi connectivity index (χ0n) is 38.2. The summed E-state index contributed by atoms with van der Waals surface area (Å²) in [4.78, 5) is 16.1. The maximum absolute atomic E-state index is 10.5. The Kier molecular flexibility index (Phi) is 9.67. The van der Waals surface area contributed by atoms with E-state index in [0.29, 0.717) is 23.0 Å². The molecule has 0 aliphatic carbocycles. The quantitative estimate of drug-likeness (QED) is 0.160. The van der Waals surface area contributed by atoms with Crippen molar-refractivity contribution in [2.24, 2.45) is 0 Å². The molecule has 0 fully saturated rings. The van der Waals surface area contributed by atoms with Crippen molar-refractivity contribution in [3.63, 3.8) is 0 Å². The molecule has 0 atom stereocenters. The van der Waals surface area contributed by atoms with E-state index in [9.17, 15) is 5.26 Å². The Balaban J connectivity index is 1.26. The maximum Gasteiger partial charge on any atom is 0.166 e. The molecule has 68 heavy (non-hydrogen) atoms. The molecule has 3 aromatic heterocycles. The molecule has 0 aliphatic heterocycles. The molecule has 0 saturated carbocycles. The second-order valence-electron chi connectivity index (χ2n) is 17.9. The van der Waals surface area contributed by atoms with Gasteiger partial charge in [0.25, 0.3) is 0 Å². The molecule has 3 heterocycles. The van der Waals surface area contributed by atoms with Crippen molar-refractivity contribution in [3.05, 3.63) is 222 Å². The number of hydrogen-bond donors (Lipinski definition) is 0. The van der Waals surface area contributed by atoms with Gasteiger partial charge in [0.1, 0.15) is 0 Å². The van der Waals surface area contributed by atoms with Gasteiger partial charge in [0.05, 0.1) is 50.6 Å². The van der Waals surface area contributed by atoms with Crippen LogP contribution in [-0.2, 0) is 0 Å². The SMILES string of the molecule is Cc1ccc2c(c1)c1cc(C)ccc1n2-c1ccc(-c2ccccc2C#N)cc1-c1cccc(-n2c3ccc(C)cc3c3cc(C)ccc32)c1-c1nc(-c2ccccc2)nc(-c2ccccc2)n1. The molecule has 12 aromatic rings. The number of fused-ring (bicyclic) bond motifs is 6. The molecule has 0 aliphatic rings. The van der Waals surface area contributed by atoms with Crippen LogP contribution < -0.4 is 0 Å². The number of benzene rings is 9. The molecule has 0 spiro atoms. The summed E-state index contributed by atoms with van der Waals surface area (Å²) in [6, 6.07) is 70.7. The van der Waals surface area contributed by atoms with E-state index in [1.807, 2.05) is 60.7 Å². The van der Waals surface area contributed by atoms with E-state index in [4.69, 9.17) is 15.0 Å². The lowest BCUT2D eigenvalue weighted by atomic mass is 9.91. The molecule has 0 radical (unpaired) electrons. The Bertz CT molecular complexity index is 3840. The van der Waals surface area contributed by atoms with Crippen LogP contribution in [-0.4, -0.2) is 24.1 Å². The van der Waals surface area contributed by atoms with Crippen molar-refractivity contribution in [2.45, 2.75) is 27.7 Å². The first-order valence-corrected chi connectivity index (χ1v) is 23.0. The van der Waals surface area contributed by atoms with Gasteiger partial charge >= 0.3 is 0 Å². The van der Waals surface area contributed by atoms with Crippen LogP contribution >= 0.6 is 0 Å². The van der Waals surface area contributed by atoms with Crippen molar-refractivity contribution in [1.29, 1.82) is 5.26 Å². The first-order chi connectivity index (χ1) is 33.3. The van der Waals surface area contributed by atoms with Gasteiger partial charge in [-0.25, -0.2) is 15.0 Å². The van der Waals surface area contributed by atoms with Gasteiger partial charge in [-0.1, -0.05) is 144 Å². The molecule has 0 unspecified atom stereocenters. The summed E-state index contributed by atoms with van der Waals surface area (Å²) < 4.78 is 4.79. The Hall–Kier alpha value is -8.92. The monoisotopic (exact) mass is 872 g/mol. The highest BCUT2D eigenvalue weighted by Gasteiger charge is 2.26. The van der Waals surface area contributed by atoms with Crippen LogP contribution in [0.3, 0.4) is 0 Å². The minimum Gasteiger partial charge on any atom is -0.309 e. The Morgan fingerprint density at radius 2 is 0.794 bits per heavy atom. The average molecular weight is 873 g/mol. The molecule has 0 bridgehead atoms. The second kappa shape index (κ2) is 16.2. The standard InChI is InChI=1S/C62H44N6/c1-38-22-27-53-48(32-38)49-33-39(2)23-28-54(49)67(53)57-31-26-44(46-19-12-11-18-45(46)37-63)36-52(57)47-20-13-21-58(68-55-29-24-40(3)34-50(55)51-35-41(4)25-30-56(51)68)59(47)62-65-60(42-14-7-5-8-15-42)64-61(66-62)43-16-9-6-10-17-43/h5-36H,1-4H3. The van der Waals surface area contributed by atoms with Gasteiger partial charge in [-0.3, -0.25) is 0 Å². The average Bonchev–Trinajstić information content (AvgIpc) is 3.86. The fraction of sp³-hybridized carbons (Fsp3) is 0.0645. The number of rotatable bonds is 7. The lowest BCUT2D eigenvalue weighted by molar-refractivity contribution is 1.06. The topological polar surface area (TPSA) is 72.3 Å². The second-order valence-corrected chi connectivity index (χ2v) is 17.9. The van der Waals surface area contributed by atoms with Crippen molar-refractivity contribution < 1.29 is 0 Å². The van der Waals surface area contributed by atoms with Crippen LogP contribution in [0.5, 0.6) is 0 Å². The molecule has 322 valence electrons. The summed E-state index contributed by atoms with van der Waals surface area (Å²) >= 11 is 0. The minimum atomic E-state index is 0.541. The summed E-state index contributed by atoms with van der Waals surface area (Å²) in [5.41, 5.74) is 18.0. The number of nitrogens with zero attached hydrogens (tertiary/aromatic N) is 6. The summed E-state index contributed by atoms with van der Waals surface area (Å²) in [7, 11) is 0. The van der Waals surface area contributed by atoms with Crippen LogP contribution in [0.4, 0.5) is 0 Å². The third-order valence-electron chi connectivity index (χ3n) is 13.2. The van der Waals surface area contributed by atoms with Crippen LogP contribution in [0.25, 0.3) is 111 Å². The van der Waals surface area contributed by atoms with E-state index in [2.05, 4.69) is 176 Å². The molecule has 12 rings (SSSR count). The molecule has 0 amide bonds. The lowest BCUT2D eigenvalue weighted by Crippen LogP contribution is -2.06. The molecule has 6 nitrogen and oxygen atoms in total. The van der Waals surface area contributed by atoms with Gasteiger partial charge in [-0.2, -0.15) is 5.26 Å². The van der Waals surface area contributed by atoms with Gasteiger partial charge < -0.3 is 9.13 Å². The molecular formula is C62H44N6. The molecular weight excluding hydrogens is 829 g/mol. The zero-order chi connectivity index (χ0) is 46.0. The normalized spacial score (nSPS) is 11.5. The Morgan fingerprint density at radius 1 is 0.353 bits per heavy atom. The van der Waals surface area contributed by atoms with E-state index < -0.39 is 0 Å². The predicted octanol–water partition coefficient (Wildman–Crippen LogP) is 15.5. The number of aromatic nitrogens is 5. The van der Waals surface area contributed by atoms with Crippen molar-refractivity contribution in [1.82, 2.24) is 24.1 Å². The van der Waals surface area contributed by atoms with Crippen LogP contribution in [0.1, 0.15) is 27.8 Å². The van der Waals surface area contributed by atoms with E-state index in [0.717, 1.165) is 72.4 Å². The maximum atomic E-state index is 10.5.